The number of hydrogen-bond acceptors (Lipinski definition) is 3. The van der Waals surface area contributed by atoms with Gasteiger partial charge in [0.25, 0.3) is 5.91 Å². The van der Waals surface area contributed by atoms with Gasteiger partial charge >= 0.3 is 0 Å². The van der Waals surface area contributed by atoms with E-state index in [4.69, 9.17) is 10.5 Å². The lowest BCUT2D eigenvalue weighted by Crippen LogP contribution is -2.37. The summed E-state index contributed by atoms with van der Waals surface area (Å²) in [6, 6.07) is 5.75. The van der Waals surface area contributed by atoms with Gasteiger partial charge in [0.2, 0.25) is 0 Å². The van der Waals surface area contributed by atoms with Crippen molar-refractivity contribution >= 4 is 21.8 Å². The third-order valence-electron chi connectivity index (χ3n) is 3.13. The zero-order valence-electron chi connectivity index (χ0n) is 13.0. The Bertz CT molecular complexity index is 464. The van der Waals surface area contributed by atoms with E-state index in [9.17, 15) is 4.79 Å². The van der Waals surface area contributed by atoms with Crippen molar-refractivity contribution in [1.29, 1.82) is 0 Å². The summed E-state index contributed by atoms with van der Waals surface area (Å²) in [6.07, 6.45) is 1.17. The fourth-order valence-corrected chi connectivity index (χ4v) is 2.29. The van der Waals surface area contributed by atoms with E-state index in [1.807, 2.05) is 18.2 Å². The number of nitrogens with two attached hydrogens (primary N) is 1. The molecule has 0 radical (unpaired) electrons. The number of amides is 1. The van der Waals surface area contributed by atoms with Crippen LogP contribution in [0, 0.1) is 5.92 Å². The fourth-order valence-electron chi connectivity index (χ4n) is 1.89. The topological polar surface area (TPSA) is 64.3 Å². The fraction of sp³-hybridized carbons (Fsp3) is 0.562. The monoisotopic (exact) mass is 356 g/mol. The number of hydrogen-bond donors (Lipinski definition) is 2. The second-order valence-corrected chi connectivity index (χ2v) is 6.44. The molecule has 0 saturated heterocycles. The molecule has 1 unspecified atom stereocenters. The minimum atomic E-state index is -0.519. The number of rotatable bonds is 8. The van der Waals surface area contributed by atoms with E-state index in [1.165, 1.54) is 0 Å². The Balaban J connectivity index is 2.61. The first kappa shape index (κ1) is 18.0. The Morgan fingerprint density at radius 2 is 2.10 bits per heavy atom. The van der Waals surface area contributed by atoms with Crippen LogP contribution in [0.1, 0.15) is 32.8 Å². The molecule has 3 N–H and O–H groups in total. The number of halogens is 1. The van der Waals surface area contributed by atoms with Gasteiger partial charge in [-0.05, 0) is 56.0 Å². The van der Waals surface area contributed by atoms with E-state index in [2.05, 4.69) is 35.1 Å². The predicted octanol–water partition coefficient (Wildman–Crippen LogP) is 2.88. The van der Waals surface area contributed by atoms with Gasteiger partial charge in [0.1, 0.15) is 5.75 Å². The maximum atomic E-state index is 12.0. The molecule has 0 fully saturated rings. The summed E-state index contributed by atoms with van der Waals surface area (Å²) >= 11 is 3.43. The molecule has 0 saturated carbocycles. The third kappa shape index (κ3) is 6.48. The Morgan fingerprint density at radius 3 is 2.71 bits per heavy atom. The van der Waals surface area contributed by atoms with Crippen LogP contribution in [-0.2, 0) is 11.2 Å². The highest BCUT2D eigenvalue weighted by Gasteiger charge is 2.16. The number of benzene rings is 1. The molecule has 1 aromatic carbocycles. The zero-order valence-corrected chi connectivity index (χ0v) is 14.6. The van der Waals surface area contributed by atoms with Crippen molar-refractivity contribution in [3.05, 3.63) is 28.2 Å². The Kier molecular flexibility index (Phi) is 7.75. The van der Waals surface area contributed by atoms with E-state index >= 15 is 0 Å². The Hall–Kier alpha value is -1.07. The van der Waals surface area contributed by atoms with Crippen LogP contribution in [0.5, 0.6) is 5.75 Å². The van der Waals surface area contributed by atoms with Gasteiger partial charge < -0.3 is 15.8 Å². The standard InChI is InChI=1S/C16H25BrN2O2/c1-11(2)7-9-19-16(20)12(3)21-15-5-4-14(17)10-13(15)6-8-18/h4-5,10-12H,6-9,18H2,1-3H3,(H,19,20). The third-order valence-corrected chi connectivity index (χ3v) is 3.62. The first-order chi connectivity index (χ1) is 9.93. The van der Waals surface area contributed by atoms with Gasteiger partial charge in [0.05, 0.1) is 0 Å². The van der Waals surface area contributed by atoms with Gasteiger partial charge in [-0.2, -0.15) is 0 Å². The average molecular weight is 357 g/mol. The highest BCUT2D eigenvalue weighted by atomic mass is 79.9. The molecule has 0 heterocycles. The molecule has 118 valence electrons. The highest BCUT2D eigenvalue weighted by Crippen LogP contribution is 2.24. The van der Waals surface area contributed by atoms with E-state index < -0.39 is 6.10 Å². The van der Waals surface area contributed by atoms with Crippen LogP contribution in [0.15, 0.2) is 22.7 Å². The minimum absolute atomic E-state index is 0.0859. The summed E-state index contributed by atoms with van der Waals surface area (Å²) in [5.74, 6) is 1.21. The second-order valence-electron chi connectivity index (χ2n) is 5.52. The van der Waals surface area contributed by atoms with Crippen molar-refractivity contribution in [2.45, 2.75) is 39.7 Å². The summed E-state index contributed by atoms with van der Waals surface area (Å²) in [7, 11) is 0. The van der Waals surface area contributed by atoms with Crippen LogP contribution in [0.3, 0.4) is 0 Å². The molecule has 21 heavy (non-hydrogen) atoms. The van der Waals surface area contributed by atoms with Crippen LogP contribution in [0.25, 0.3) is 0 Å². The maximum Gasteiger partial charge on any atom is 0.260 e. The summed E-state index contributed by atoms with van der Waals surface area (Å²) in [5, 5.41) is 2.90. The number of carbonyl (C=O) groups excluding carboxylic acids is 1. The quantitative estimate of drug-likeness (QED) is 0.752. The van der Waals surface area contributed by atoms with Crippen molar-refractivity contribution in [1.82, 2.24) is 5.32 Å². The summed E-state index contributed by atoms with van der Waals surface area (Å²) in [5.41, 5.74) is 6.62. The highest BCUT2D eigenvalue weighted by molar-refractivity contribution is 9.10. The number of ether oxygens (including phenoxy) is 1. The minimum Gasteiger partial charge on any atom is -0.481 e. The van der Waals surface area contributed by atoms with E-state index in [-0.39, 0.29) is 5.91 Å². The molecular formula is C16H25BrN2O2. The van der Waals surface area contributed by atoms with Crippen LogP contribution in [0.4, 0.5) is 0 Å². The summed E-state index contributed by atoms with van der Waals surface area (Å²) in [4.78, 5) is 12.0. The molecule has 0 bridgehead atoms. The molecule has 1 aromatic rings. The van der Waals surface area contributed by atoms with Crippen LogP contribution in [0.2, 0.25) is 0 Å². The van der Waals surface area contributed by atoms with Crippen LogP contribution in [-0.4, -0.2) is 25.1 Å². The average Bonchev–Trinajstić information content (AvgIpc) is 2.41. The van der Waals surface area contributed by atoms with Crippen molar-refractivity contribution in [3.8, 4) is 5.75 Å². The molecule has 0 aliphatic carbocycles. The van der Waals surface area contributed by atoms with Gasteiger partial charge in [-0.25, -0.2) is 0 Å². The largest absolute Gasteiger partial charge is 0.481 e. The zero-order chi connectivity index (χ0) is 15.8. The van der Waals surface area contributed by atoms with Crippen molar-refractivity contribution in [2.75, 3.05) is 13.1 Å². The number of nitrogens with one attached hydrogen (secondary N) is 1. The summed E-state index contributed by atoms with van der Waals surface area (Å²) < 4.78 is 6.76. The van der Waals surface area contributed by atoms with Crippen LogP contribution >= 0.6 is 15.9 Å². The smallest absolute Gasteiger partial charge is 0.260 e. The van der Waals surface area contributed by atoms with Gasteiger partial charge in [-0.15, -0.1) is 0 Å². The van der Waals surface area contributed by atoms with E-state index in [0.717, 1.165) is 28.6 Å². The van der Waals surface area contributed by atoms with E-state index in [1.54, 1.807) is 6.92 Å². The van der Waals surface area contributed by atoms with Gasteiger partial charge in [0, 0.05) is 11.0 Å². The lowest BCUT2D eigenvalue weighted by molar-refractivity contribution is -0.127. The molecule has 0 aliphatic heterocycles. The molecule has 1 amide bonds. The van der Waals surface area contributed by atoms with E-state index in [0.29, 0.717) is 19.0 Å². The lowest BCUT2D eigenvalue weighted by Gasteiger charge is -2.17. The van der Waals surface area contributed by atoms with Crippen molar-refractivity contribution in [3.63, 3.8) is 0 Å². The predicted molar refractivity (Wildman–Crippen MR) is 89.5 cm³/mol. The summed E-state index contributed by atoms with van der Waals surface area (Å²) in [6.45, 7) is 7.25. The van der Waals surface area contributed by atoms with Crippen LogP contribution < -0.4 is 15.8 Å². The normalized spacial score (nSPS) is 12.3. The maximum absolute atomic E-state index is 12.0. The molecule has 5 heteroatoms. The van der Waals surface area contributed by atoms with Gasteiger partial charge in [-0.1, -0.05) is 29.8 Å². The molecule has 1 rings (SSSR count). The van der Waals surface area contributed by atoms with Gasteiger partial charge in [0.15, 0.2) is 6.10 Å². The van der Waals surface area contributed by atoms with Crippen molar-refractivity contribution < 1.29 is 9.53 Å². The van der Waals surface area contributed by atoms with Crippen molar-refractivity contribution in [2.24, 2.45) is 11.7 Å². The van der Waals surface area contributed by atoms with Gasteiger partial charge in [-0.3, -0.25) is 4.79 Å². The Morgan fingerprint density at radius 1 is 1.38 bits per heavy atom. The molecule has 1 atom stereocenters. The molecule has 0 spiro atoms. The molecule has 0 aromatic heterocycles. The molecule has 4 nitrogen and oxygen atoms in total. The molecule has 0 aliphatic rings. The first-order valence-electron chi connectivity index (χ1n) is 7.37. The first-order valence-corrected chi connectivity index (χ1v) is 8.16. The molecular weight excluding hydrogens is 332 g/mol. The lowest BCUT2D eigenvalue weighted by atomic mass is 10.1. The SMILES string of the molecule is CC(C)CCNC(=O)C(C)Oc1ccc(Br)cc1CCN. The number of carbonyl (C=O) groups is 1. The second kappa shape index (κ2) is 9.05. The Labute approximate surface area is 135 Å².